The van der Waals surface area contributed by atoms with Gasteiger partial charge in [0.15, 0.2) is 10.9 Å². The van der Waals surface area contributed by atoms with Crippen LogP contribution in [-0.4, -0.2) is 20.2 Å². The van der Waals surface area contributed by atoms with Crippen molar-refractivity contribution in [1.82, 2.24) is 15.0 Å². The molecule has 166 valence electrons. The molecule has 1 aliphatic rings. The number of ether oxygens (including phenoxy) is 1. The highest BCUT2D eigenvalue weighted by Gasteiger charge is 2.20. The first-order chi connectivity index (χ1) is 16.0. The van der Waals surface area contributed by atoms with E-state index >= 15 is 0 Å². The second-order valence-electron chi connectivity index (χ2n) is 7.73. The van der Waals surface area contributed by atoms with E-state index in [0.29, 0.717) is 39.9 Å². The van der Waals surface area contributed by atoms with Gasteiger partial charge in [0.05, 0.1) is 23.4 Å². The van der Waals surface area contributed by atoms with Gasteiger partial charge in [0, 0.05) is 41.5 Å². The van der Waals surface area contributed by atoms with Gasteiger partial charge in [-0.25, -0.2) is 14.4 Å². The zero-order valence-corrected chi connectivity index (χ0v) is 19.1. The molecule has 0 aliphatic carbocycles. The van der Waals surface area contributed by atoms with Crippen molar-refractivity contribution >= 4 is 17.3 Å². The molecule has 2 N–H and O–H groups in total. The van der Waals surface area contributed by atoms with Crippen LogP contribution in [-0.2, 0) is 6.54 Å². The molecule has 0 bridgehead atoms. The molecule has 0 amide bonds. The molecule has 0 spiro atoms. The van der Waals surface area contributed by atoms with Gasteiger partial charge in [0.2, 0.25) is 0 Å². The molecule has 1 atom stereocenters. The lowest BCUT2D eigenvalue weighted by atomic mass is 9.99. The van der Waals surface area contributed by atoms with Crippen LogP contribution in [0.15, 0.2) is 65.8 Å². The van der Waals surface area contributed by atoms with E-state index in [1.165, 1.54) is 12.3 Å². The van der Waals surface area contributed by atoms with Crippen LogP contribution < -0.4 is 10.5 Å². The molecule has 0 saturated carbocycles. The Balaban J connectivity index is 1.76. The van der Waals surface area contributed by atoms with Gasteiger partial charge in [0.1, 0.15) is 11.6 Å². The van der Waals surface area contributed by atoms with Gasteiger partial charge >= 0.3 is 0 Å². The van der Waals surface area contributed by atoms with E-state index in [-0.39, 0.29) is 5.25 Å². The van der Waals surface area contributed by atoms with Gasteiger partial charge in [-0.15, -0.1) is 0 Å². The summed E-state index contributed by atoms with van der Waals surface area (Å²) < 4.78 is 20.2. The van der Waals surface area contributed by atoms with Crippen molar-refractivity contribution in [3.05, 3.63) is 88.3 Å². The number of allylic oxidation sites excluding steroid dienone is 3. The maximum absolute atomic E-state index is 13.9. The number of pyridine rings is 1. The average Bonchev–Trinajstić information content (AvgIpc) is 2.96. The highest BCUT2D eigenvalue weighted by Crippen LogP contribution is 2.39. The standard InChI is InChI=1S/C25H22FN5OS/c1-15-5-16(2)33-24(8-22(15)19-7-20(26)14-29-13-19)32-23-6-17(9-27)3-4-21(23)25-30-11-18(10-28)12-31-25/h3-4,6-8,11-14,16H,5,10,28H2,1-2H3/t16-/m1/s1. The Morgan fingerprint density at radius 1 is 1.21 bits per heavy atom. The zero-order valence-electron chi connectivity index (χ0n) is 18.2. The van der Waals surface area contributed by atoms with Crippen LogP contribution in [0.5, 0.6) is 5.75 Å². The van der Waals surface area contributed by atoms with E-state index in [4.69, 9.17) is 10.5 Å². The lowest BCUT2D eigenvalue weighted by molar-refractivity contribution is 0.467. The summed E-state index contributed by atoms with van der Waals surface area (Å²) in [6.07, 6.45) is 8.89. The second-order valence-corrected chi connectivity index (χ2v) is 9.17. The molecule has 0 saturated heterocycles. The van der Waals surface area contributed by atoms with Crippen LogP contribution in [0.3, 0.4) is 0 Å². The summed E-state index contributed by atoms with van der Waals surface area (Å²) in [6, 6.07) is 8.76. The maximum Gasteiger partial charge on any atom is 0.162 e. The molecule has 2 aromatic heterocycles. The molecule has 0 fully saturated rings. The highest BCUT2D eigenvalue weighted by molar-refractivity contribution is 8.03. The molecule has 4 rings (SSSR count). The molecule has 33 heavy (non-hydrogen) atoms. The third-order valence-corrected chi connectivity index (χ3v) is 6.15. The number of hydrogen-bond acceptors (Lipinski definition) is 7. The lowest BCUT2D eigenvalue weighted by Gasteiger charge is -2.15. The fraction of sp³-hybridized carbons (Fsp3) is 0.200. The summed E-state index contributed by atoms with van der Waals surface area (Å²) in [5.74, 6) is 0.549. The summed E-state index contributed by atoms with van der Waals surface area (Å²) in [4.78, 5) is 12.8. The van der Waals surface area contributed by atoms with Crippen LogP contribution >= 0.6 is 11.8 Å². The zero-order chi connectivity index (χ0) is 23.4. The normalized spacial score (nSPS) is 16.1. The van der Waals surface area contributed by atoms with E-state index in [1.54, 1.807) is 48.6 Å². The Hall–Kier alpha value is -3.54. The number of nitriles is 1. The molecule has 3 aromatic rings. The molecule has 0 unspecified atom stereocenters. The Bertz CT molecular complexity index is 1280. The van der Waals surface area contributed by atoms with Gasteiger partial charge < -0.3 is 10.5 Å². The fourth-order valence-corrected chi connectivity index (χ4v) is 4.62. The van der Waals surface area contributed by atoms with Crippen molar-refractivity contribution in [2.45, 2.75) is 32.1 Å². The first-order valence-electron chi connectivity index (χ1n) is 10.4. The van der Waals surface area contributed by atoms with Gasteiger partial charge in [0.25, 0.3) is 0 Å². The predicted octanol–water partition coefficient (Wildman–Crippen LogP) is 5.23. The molecule has 1 aliphatic heterocycles. The quantitative estimate of drug-likeness (QED) is 0.558. The van der Waals surface area contributed by atoms with Crippen LogP contribution in [0, 0.1) is 17.1 Å². The van der Waals surface area contributed by atoms with Crippen molar-refractivity contribution in [1.29, 1.82) is 5.26 Å². The van der Waals surface area contributed by atoms with Crippen LogP contribution in [0.2, 0.25) is 0 Å². The number of halogens is 1. The number of aromatic nitrogens is 3. The van der Waals surface area contributed by atoms with Crippen molar-refractivity contribution in [3.63, 3.8) is 0 Å². The van der Waals surface area contributed by atoms with Crippen LogP contribution in [0.1, 0.15) is 37.0 Å². The molecular weight excluding hydrogens is 437 g/mol. The second kappa shape index (κ2) is 9.94. The monoisotopic (exact) mass is 459 g/mol. The Kier molecular flexibility index (Phi) is 6.82. The molecule has 0 radical (unpaired) electrons. The maximum atomic E-state index is 13.9. The number of benzene rings is 1. The minimum Gasteiger partial charge on any atom is -0.450 e. The number of nitrogens with two attached hydrogens (primary N) is 1. The van der Waals surface area contributed by atoms with Crippen LogP contribution in [0.25, 0.3) is 17.0 Å². The van der Waals surface area contributed by atoms with E-state index in [9.17, 15) is 9.65 Å². The summed E-state index contributed by atoms with van der Waals surface area (Å²) in [6.45, 7) is 4.49. The summed E-state index contributed by atoms with van der Waals surface area (Å²) in [7, 11) is 0. The Morgan fingerprint density at radius 2 is 2.00 bits per heavy atom. The SMILES string of the molecule is CC1=C(c2cncc(F)c2)C=C(Oc2cc(C#N)ccc2-c2ncc(CN)cn2)S[C@H](C)C1. The molecule has 6 nitrogen and oxygen atoms in total. The molecule has 8 heteroatoms. The van der Waals surface area contributed by atoms with Gasteiger partial charge in [-0.3, -0.25) is 4.98 Å². The smallest absolute Gasteiger partial charge is 0.162 e. The Labute approximate surface area is 196 Å². The van der Waals surface area contributed by atoms with Crippen molar-refractivity contribution in [2.24, 2.45) is 5.73 Å². The third kappa shape index (κ3) is 5.28. The number of nitrogens with zero attached hydrogens (tertiary/aromatic N) is 4. The van der Waals surface area contributed by atoms with Crippen molar-refractivity contribution in [2.75, 3.05) is 0 Å². The minimum absolute atomic E-state index is 0.234. The van der Waals surface area contributed by atoms with Gasteiger partial charge in [-0.05, 0) is 49.3 Å². The number of hydrogen-bond donors (Lipinski definition) is 1. The first-order valence-corrected chi connectivity index (χ1v) is 11.3. The lowest BCUT2D eigenvalue weighted by Crippen LogP contribution is -2.02. The largest absolute Gasteiger partial charge is 0.450 e. The Morgan fingerprint density at radius 3 is 2.70 bits per heavy atom. The number of thioether (sulfide) groups is 1. The van der Waals surface area contributed by atoms with Gasteiger partial charge in [-0.2, -0.15) is 5.26 Å². The van der Waals surface area contributed by atoms with Crippen molar-refractivity contribution in [3.8, 4) is 23.2 Å². The summed E-state index contributed by atoms with van der Waals surface area (Å²) in [5.41, 5.74) is 10.3. The molecule has 3 heterocycles. The average molecular weight is 460 g/mol. The van der Waals surface area contributed by atoms with Crippen molar-refractivity contribution < 1.29 is 9.13 Å². The first kappa shape index (κ1) is 22.6. The van der Waals surface area contributed by atoms with E-state index in [0.717, 1.165) is 23.1 Å². The molecule has 1 aromatic carbocycles. The summed E-state index contributed by atoms with van der Waals surface area (Å²) >= 11 is 1.57. The van der Waals surface area contributed by atoms with Gasteiger partial charge in [-0.1, -0.05) is 24.3 Å². The number of rotatable bonds is 5. The summed E-state index contributed by atoms with van der Waals surface area (Å²) in [5, 5.41) is 10.3. The third-order valence-electron chi connectivity index (χ3n) is 5.15. The molecular formula is C25H22FN5OS. The predicted molar refractivity (Wildman–Crippen MR) is 127 cm³/mol. The van der Waals surface area contributed by atoms with Crippen LogP contribution in [0.4, 0.5) is 4.39 Å². The van der Waals surface area contributed by atoms with E-state index in [1.807, 2.05) is 13.0 Å². The minimum atomic E-state index is -0.393. The van der Waals surface area contributed by atoms with E-state index in [2.05, 4.69) is 27.9 Å². The van der Waals surface area contributed by atoms with E-state index < -0.39 is 5.82 Å². The highest BCUT2D eigenvalue weighted by atomic mass is 32.2. The topological polar surface area (TPSA) is 97.7 Å². The fourth-order valence-electron chi connectivity index (χ4n) is 3.57.